The lowest BCUT2D eigenvalue weighted by Gasteiger charge is -2.13. The standard InChI is InChI=1S/C9H10O3/c10-8(11)9(3-4-9)6-7-2-1-5-12-7/h1-2,5H,3-4,6H2,(H,10,11)/p-1. The average molecular weight is 165 g/mol. The molecule has 1 aliphatic carbocycles. The molecule has 0 bridgehead atoms. The van der Waals surface area contributed by atoms with E-state index in [4.69, 9.17) is 4.42 Å². The number of carboxylic acid groups (broad SMARTS) is 1. The zero-order chi connectivity index (χ0) is 8.60. The van der Waals surface area contributed by atoms with Crippen molar-refractivity contribution in [2.45, 2.75) is 19.3 Å². The molecule has 3 heteroatoms. The van der Waals surface area contributed by atoms with Crippen molar-refractivity contribution in [1.82, 2.24) is 0 Å². The Balaban J connectivity index is 2.09. The maximum Gasteiger partial charge on any atom is 0.104 e. The van der Waals surface area contributed by atoms with E-state index in [1.807, 2.05) is 0 Å². The Bertz CT molecular complexity index is 283. The maximum atomic E-state index is 10.7. The number of rotatable bonds is 3. The highest BCUT2D eigenvalue weighted by Crippen LogP contribution is 2.47. The fraction of sp³-hybridized carbons (Fsp3) is 0.444. The molecule has 1 heterocycles. The van der Waals surface area contributed by atoms with Gasteiger partial charge in [-0.3, -0.25) is 0 Å². The van der Waals surface area contributed by atoms with Gasteiger partial charge in [0.05, 0.1) is 6.26 Å². The number of aliphatic carboxylic acids is 1. The van der Waals surface area contributed by atoms with E-state index >= 15 is 0 Å². The predicted molar refractivity (Wildman–Crippen MR) is 39.1 cm³/mol. The summed E-state index contributed by atoms with van der Waals surface area (Å²) in [6, 6.07) is 3.56. The fourth-order valence-electron chi connectivity index (χ4n) is 1.35. The molecule has 64 valence electrons. The largest absolute Gasteiger partial charge is 0.550 e. The lowest BCUT2D eigenvalue weighted by atomic mass is 10.0. The second kappa shape index (κ2) is 2.37. The summed E-state index contributed by atoms with van der Waals surface area (Å²) in [5, 5.41) is 10.7. The van der Waals surface area contributed by atoms with E-state index in [0.717, 1.165) is 18.6 Å². The van der Waals surface area contributed by atoms with Gasteiger partial charge in [-0.1, -0.05) is 0 Å². The summed E-state index contributed by atoms with van der Waals surface area (Å²) in [7, 11) is 0. The summed E-state index contributed by atoms with van der Waals surface area (Å²) in [4.78, 5) is 10.7. The first-order chi connectivity index (χ1) is 5.73. The van der Waals surface area contributed by atoms with E-state index in [-0.39, 0.29) is 0 Å². The quantitative estimate of drug-likeness (QED) is 0.649. The molecule has 1 fully saturated rings. The van der Waals surface area contributed by atoms with Gasteiger partial charge in [0.25, 0.3) is 0 Å². The van der Waals surface area contributed by atoms with Crippen LogP contribution in [0.1, 0.15) is 18.6 Å². The van der Waals surface area contributed by atoms with Crippen molar-refractivity contribution in [1.29, 1.82) is 0 Å². The molecule has 0 N–H and O–H groups in total. The molecular formula is C9H9O3-. The summed E-state index contributed by atoms with van der Waals surface area (Å²) in [5.41, 5.74) is -0.613. The van der Waals surface area contributed by atoms with Crippen molar-refractivity contribution in [2.75, 3.05) is 0 Å². The molecule has 12 heavy (non-hydrogen) atoms. The van der Waals surface area contributed by atoms with Crippen molar-refractivity contribution in [3.8, 4) is 0 Å². The third kappa shape index (κ3) is 1.11. The number of hydrogen-bond acceptors (Lipinski definition) is 3. The van der Waals surface area contributed by atoms with E-state index in [2.05, 4.69) is 0 Å². The molecule has 1 saturated carbocycles. The molecular weight excluding hydrogens is 156 g/mol. The molecule has 0 amide bonds. The van der Waals surface area contributed by atoms with Crippen molar-refractivity contribution in [2.24, 2.45) is 5.41 Å². The Labute approximate surface area is 70.0 Å². The molecule has 0 aliphatic heterocycles. The lowest BCUT2D eigenvalue weighted by Crippen LogP contribution is -2.34. The monoisotopic (exact) mass is 165 g/mol. The number of carbonyl (C=O) groups excluding carboxylic acids is 1. The van der Waals surface area contributed by atoms with Gasteiger partial charge in [0.15, 0.2) is 0 Å². The van der Waals surface area contributed by atoms with Crippen molar-refractivity contribution >= 4 is 5.97 Å². The van der Waals surface area contributed by atoms with Gasteiger partial charge in [-0.25, -0.2) is 0 Å². The fourth-order valence-corrected chi connectivity index (χ4v) is 1.35. The first-order valence-electron chi connectivity index (χ1n) is 3.97. The van der Waals surface area contributed by atoms with Crippen LogP contribution >= 0.6 is 0 Å². The number of carbonyl (C=O) groups is 1. The minimum Gasteiger partial charge on any atom is -0.550 e. The van der Waals surface area contributed by atoms with Crippen LogP contribution in [-0.2, 0) is 11.2 Å². The van der Waals surface area contributed by atoms with Gasteiger partial charge in [-0.15, -0.1) is 0 Å². The highest BCUT2D eigenvalue weighted by atomic mass is 16.4. The molecule has 0 spiro atoms. The van der Waals surface area contributed by atoms with Crippen molar-refractivity contribution in [3.05, 3.63) is 24.2 Å². The van der Waals surface area contributed by atoms with Crippen molar-refractivity contribution < 1.29 is 14.3 Å². The first-order valence-corrected chi connectivity index (χ1v) is 3.97. The van der Waals surface area contributed by atoms with Gasteiger partial charge in [-0.05, 0) is 25.0 Å². The molecule has 1 aromatic rings. The van der Waals surface area contributed by atoms with Gasteiger partial charge in [0.1, 0.15) is 5.76 Å². The van der Waals surface area contributed by atoms with E-state index in [1.54, 1.807) is 18.4 Å². The second-order valence-corrected chi connectivity index (χ2v) is 3.32. The molecule has 2 rings (SSSR count). The van der Waals surface area contributed by atoms with E-state index < -0.39 is 11.4 Å². The van der Waals surface area contributed by atoms with Crippen LogP contribution in [-0.4, -0.2) is 5.97 Å². The molecule has 3 nitrogen and oxygen atoms in total. The zero-order valence-electron chi connectivity index (χ0n) is 6.58. The number of furan rings is 1. The van der Waals surface area contributed by atoms with Crippen LogP contribution in [0.2, 0.25) is 0 Å². The van der Waals surface area contributed by atoms with Crippen LogP contribution in [0.3, 0.4) is 0 Å². The molecule has 1 aliphatic rings. The third-order valence-electron chi connectivity index (χ3n) is 2.38. The normalized spacial score (nSPS) is 19.0. The Morgan fingerprint density at radius 2 is 2.42 bits per heavy atom. The second-order valence-electron chi connectivity index (χ2n) is 3.32. The molecule has 0 unspecified atom stereocenters. The summed E-state index contributed by atoms with van der Waals surface area (Å²) >= 11 is 0. The Kier molecular flexibility index (Phi) is 1.46. The van der Waals surface area contributed by atoms with Gasteiger partial charge in [-0.2, -0.15) is 0 Å². The SMILES string of the molecule is O=C([O-])C1(Cc2ccco2)CC1. The smallest absolute Gasteiger partial charge is 0.104 e. The summed E-state index contributed by atoms with van der Waals surface area (Å²) in [5.74, 6) is -0.212. The van der Waals surface area contributed by atoms with Crippen LogP contribution in [0, 0.1) is 5.41 Å². The van der Waals surface area contributed by atoms with E-state index in [9.17, 15) is 9.90 Å². The average Bonchev–Trinajstić information content (AvgIpc) is 2.60. The van der Waals surface area contributed by atoms with Gasteiger partial charge >= 0.3 is 0 Å². The molecule has 0 atom stereocenters. The highest BCUT2D eigenvalue weighted by Gasteiger charge is 2.44. The minimum atomic E-state index is -0.945. The van der Waals surface area contributed by atoms with Gasteiger partial charge in [0.2, 0.25) is 0 Å². The van der Waals surface area contributed by atoms with E-state index in [1.165, 1.54) is 0 Å². The van der Waals surface area contributed by atoms with Crippen LogP contribution in [0.4, 0.5) is 0 Å². The maximum absolute atomic E-state index is 10.7. The summed E-state index contributed by atoms with van der Waals surface area (Å²) in [6.45, 7) is 0. The minimum absolute atomic E-state index is 0.475. The first kappa shape index (κ1) is 7.40. The van der Waals surface area contributed by atoms with Crippen LogP contribution in [0.5, 0.6) is 0 Å². The zero-order valence-corrected chi connectivity index (χ0v) is 6.58. The van der Waals surface area contributed by atoms with Crippen molar-refractivity contribution in [3.63, 3.8) is 0 Å². The van der Waals surface area contributed by atoms with E-state index in [0.29, 0.717) is 6.42 Å². The number of carboxylic acids is 1. The van der Waals surface area contributed by atoms with Gasteiger partial charge < -0.3 is 14.3 Å². The van der Waals surface area contributed by atoms with Gasteiger partial charge in [0, 0.05) is 17.8 Å². The third-order valence-corrected chi connectivity index (χ3v) is 2.38. The molecule has 0 saturated heterocycles. The lowest BCUT2D eigenvalue weighted by molar-refractivity contribution is -0.313. The molecule has 0 radical (unpaired) electrons. The number of hydrogen-bond donors (Lipinski definition) is 0. The topological polar surface area (TPSA) is 53.3 Å². The van der Waals surface area contributed by atoms with Crippen LogP contribution in [0.25, 0.3) is 0 Å². The Hall–Kier alpha value is -1.25. The Morgan fingerprint density at radius 3 is 2.83 bits per heavy atom. The Morgan fingerprint density at radius 1 is 1.67 bits per heavy atom. The highest BCUT2D eigenvalue weighted by molar-refractivity contribution is 5.76. The molecule has 1 aromatic heterocycles. The van der Waals surface area contributed by atoms with Crippen LogP contribution < -0.4 is 5.11 Å². The molecule has 0 aromatic carbocycles. The summed E-state index contributed by atoms with van der Waals surface area (Å²) < 4.78 is 5.07. The summed E-state index contributed by atoms with van der Waals surface area (Å²) in [6.07, 6.45) is 3.47. The van der Waals surface area contributed by atoms with Crippen LogP contribution in [0.15, 0.2) is 22.8 Å². The predicted octanol–water partition coefficient (Wildman–Crippen LogP) is 0.352.